The van der Waals surface area contributed by atoms with E-state index in [0.717, 1.165) is 22.0 Å². The second kappa shape index (κ2) is 8.89. The van der Waals surface area contributed by atoms with Crippen molar-refractivity contribution in [2.75, 3.05) is 0 Å². The SMILES string of the molecule is Cc1ccc(Cl)cc1N=C1NC(=O)C(=Cc2cn(Cc3ccc(C(=O)O)o3)c3ccccc23)S1. The zero-order valence-electron chi connectivity index (χ0n) is 17.9. The number of aromatic carboxylic acids is 1. The van der Waals surface area contributed by atoms with Gasteiger partial charge in [0.1, 0.15) is 5.76 Å². The Kier molecular flexibility index (Phi) is 5.77. The molecule has 9 heteroatoms. The van der Waals surface area contributed by atoms with Crippen molar-refractivity contribution < 1.29 is 19.1 Å². The number of thioether (sulfide) groups is 1. The van der Waals surface area contributed by atoms with Crippen LogP contribution in [0.1, 0.15) is 27.4 Å². The summed E-state index contributed by atoms with van der Waals surface area (Å²) in [7, 11) is 0. The number of aryl methyl sites for hydroxylation is 1. The number of benzene rings is 2. The van der Waals surface area contributed by atoms with Crippen molar-refractivity contribution in [2.45, 2.75) is 13.5 Å². The second-order valence-electron chi connectivity index (χ2n) is 7.71. The maximum Gasteiger partial charge on any atom is 0.371 e. The molecular weight excluding hydrogens is 474 g/mol. The van der Waals surface area contributed by atoms with Crippen LogP contribution in [0.15, 0.2) is 75.1 Å². The average molecular weight is 492 g/mol. The number of halogens is 1. The average Bonchev–Trinajstić information content (AvgIpc) is 3.50. The highest BCUT2D eigenvalue weighted by Crippen LogP contribution is 2.32. The predicted octanol–water partition coefficient (Wildman–Crippen LogP) is 5.83. The Morgan fingerprint density at radius 1 is 1.24 bits per heavy atom. The summed E-state index contributed by atoms with van der Waals surface area (Å²) in [6.45, 7) is 2.29. The number of hydrogen-bond acceptors (Lipinski definition) is 5. The molecular formula is C25H18ClN3O4S. The van der Waals surface area contributed by atoms with Crippen LogP contribution in [0.5, 0.6) is 0 Å². The summed E-state index contributed by atoms with van der Waals surface area (Å²) >= 11 is 7.35. The molecule has 34 heavy (non-hydrogen) atoms. The molecule has 0 atom stereocenters. The molecule has 5 rings (SSSR count). The van der Waals surface area contributed by atoms with Crippen molar-refractivity contribution in [3.8, 4) is 0 Å². The highest BCUT2D eigenvalue weighted by atomic mass is 35.5. The molecule has 7 nitrogen and oxygen atoms in total. The van der Waals surface area contributed by atoms with E-state index in [4.69, 9.17) is 21.1 Å². The minimum atomic E-state index is -1.11. The number of nitrogens with zero attached hydrogens (tertiary/aromatic N) is 2. The molecule has 0 radical (unpaired) electrons. The van der Waals surface area contributed by atoms with Gasteiger partial charge in [-0.3, -0.25) is 4.79 Å². The number of rotatable bonds is 5. The standard InChI is InChI=1S/C25H18ClN3O4S/c1-14-6-7-16(26)11-19(14)27-25-28-23(30)22(34-25)10-15-12-29(20-5-3-2-4-18(15)20)13-17-8-9-21(33-17)24(31)32/h2-12H,13H2,1H3,(H,31,32)(H,27,28,30). The van der Waals surface area contributed by atoms with Crippen LogP contribution < -0.4 is 5.32 Å². The third-order valence-corrected chi connectivity index (χ3v) is 6.49. The predicted molar refractivity (Wildman–Crippen MR) is 134 cm³/mol. The van der Waals surface area contributed by atoms with E-state index in [9.17, 15) is 9.59 Å². The van der Waals surface area contributed by atoms with Gasteiger partial charge in [-0.1, -0.05) is 35.9 Å². The first-order valence-corrected chi connectivity index (χ1v) is 11.5. The van der Waals surface area contributed by atoms with E-state index in [1.54, 1.807) is 18.2 Å². The topological polar surface area (TPSA) is 96.8 Å². The number of amidine groups is 1. The summed E-state index contributed by atoms with van der Waals surface area (Å²) < 4.78 is 7.38. The highest BCUT2D eigenvalue weighted by molar-refractivity contribution is 8.18. The third-order valence-electron chi connectivity index (χ3n) is 5.35. The van der Waals surface area contributed by atoms with Gasteiger partial charge in [0, 0.05) is 27.7 Å². The van der Waals surface area contributed by atoms with Crippen LogP contribution in [0.4, 0.5) is 5.69 Å². The molecule has 1 amide bonds. The van der Waals surface area contributed by atoms with Gasteiger partial charge in [-0.15, -0.1) is 0 Å². The fraction of sp³-hybridized carbons (Fsp3) is 0.0800. The zero-order valence-corrected chi connectivity index (χ0v) is 19.5. The van der Waals surface area contributed by atoms with Crippen molar-refractivity contribution in [3.05, 3.63) is 93.4 Å². The first-order valence-electron chi connectivity index (χ1n) is 10.3. The number of aromatic nitrogens is 1. The number of carbonyl (C=O) groups is 2. The monoisotopic (exact) mass is 491 g/mol. The summed E-state index contributed by atoms with van der Waals surface area (Å²) in [5, 5.41) is 13.9. The smallest absolute Gasteiger partial charge is 0.371 e. The summed E-state index contributed by atoms with van der Waals surface area (Å²) in [4.78, 5) is 28.8. The van der Waals surface area contributed by atoms with Crippen LogP contribution in [0, 0.1) is 6.92 Å². The van der Waals surface area contributed by atoms with Gasteiger partial charge in [0.05, 0.1) is 17.1 Å². The summed E-state index contributed by atoms with van der Waals surface area (Å²) in [5.41, 5.74) is 3.46. The van der Waals surface area contributed by atoms with Crippen molar-refractivity contribution in [1.29, 1.82) is 0 Å². The van der Waals surface area contributed by atoms with Crippen molar-refractivity contribution in [3.63, 3.8) is 0 Å². The van der Waals surface area contributed by atoms with Gasteiger partial charge in [-0.25, -0.2) is 9.79 Å². The van der Waals surface area contributed by atoms with E-state index in [2.05, 4.69) is 10.3 Å². The molecule has 0 spiro atoms. The van der Waals surface area contributed by atoms with Crippen LogP contribution in [0.3, 0.4) is 0 Å². The number of fused-ring (bicyclic) bond motifs is 1. The molecule has 1 fully saturated rings. The maximum absolute atomic E-state index is 12.6. The lowest BCUT2D eigenvalue weighted by Gasteiger charge is -2.02. The Labute approximate surface area is 203 Å². The summed E-state index contributed by atoms with van der Waals surface area (Å²) in [6.07, 6.45) is 3.75. The van der Waals surface area contributed by atoms with Crippen molar-refractivity contribution in [2.24, 2.45) is 4.99 Å². The zero-order chi connectivity index (χ0) is 23.8. The van der Waals surface area contributed by atoms with E-state index in [1.165, 1.54) is 17.8 Å². The highest BCUT2D eigenvalue weighted by Gasteiger charge is 2.25. The number of aliphatic imine (C=N–C) groups is 1. The molecule has 0 saturated carbocycles. The quantitative estimate of drug-likeness (QED) is 0.342. The molecule has 0 aliphatic carbocycles. The number of nitrogens with one attached hydrogen (secondary N) is 1. The van der Waals surface area contributed by atoms with Crippen LogP contribution in [-0.2, 0) is 11.3 Å². The van der Waals surface area contributed by atoms with E-state index in [0.29, 0.717) is 33.1 Å². The molecule has 1 aliphatic rings. The Morgan fingerprint density at radius 2 is 2.06 bits per heavy atom. The maximum atomic E-state index is 12.6. The summed E-state index contributed by atoms with van der Waals surface area (Å²) in [6, 6.07) is 16.3. The number of hydrogen-bond donors (Lipinski definition) is 2. The van der Waals surface area contributed by atoms with Crippen LogP contribution in [0.25, 0.3) is 17.0 Å². The van der Waals surface area contributed by atoms with E-state index in [1.807, 2.05) is 54.1 Å². The van der Waals surface area contributed by atoms with E-state index >= 15 is 0 Å². The Morgan fingerprint density at radius 3 is 2.85 bits per heavy atom. The molecule has 2 N–H and O–H groups in total. The number of amides is 1. The number of carboxylic acid groups (broad SMARTS) is 1. The van der Waals surface area contributed by atoms with Crippen LogP contribution in [-0.4, -0.2) is 26.7 Å². The normalized spacial score (nSPS) is 16.0. The largest absolute Gasteiger partial charge is 0.475 e. The number of carbonyl (C=O) groups excluding carboxylic acids is 1. The molecule has 0 bridgehead atoms. The van der Waals surface area contributed by atoms with Gasteiger partial charge < -0.3 is 19.4 Å². The van der Waals surface area contributed by atoms with Gasteiger partial charge in [-0.05, 0) is 60.7 Å². The lowest BCUT2D eigenvalue weighted by Crippen LogP contribution is -2.19. The van der Waals surface area contributed by atoms with Crippen molar-refractivity contribution >= 4 is 63.1 Å². The lowest BCUT2D eigenvalue weighted by molar-refractivity contribution is -0.115. The fourth-order valence-electron chi connectivity index (χ4n) is 3.70. The minimum Gasteiger partial charge on any atom is -0.475 e. The van der Waals surface area contributed by atoms with Gasteiger partial charge in [0.15, 0.2) is 5.17 Å². The molecule has 2 aromatic carbocycles. The molecule has 2 aromatic heterocycles. The first kappa shape index (κ1) is 22.1. The van der Waals surface area contributed by atoms with Gasteiger partial charge in [0.25, 0.3) is 5.91 Å². The third kappa shape index (κ3) is 4.37. The second-order valence-corrected chi connectivity index (χ2v) is 9.18. The molecule has 3 heterocycles. The van der Waals surface area contributed by atoms with Gasteiger partial charge in [0.2, 0.25) is 5.76 Å². The first-order chi connectivity index (χ1) is 16.4. The number of para-hydroxylation sites is 1. The lowest BCUT2D eigenvalue weighted by atomic mass is 10.1. The molecule has 0 unspecified atom stereocenters. The van der Waals surface area contributed by atoms with E-state index in [-0.39, 0.29) is 11.7 Å². The molecule has 1 aliphatic heterocycles. The minimum absolute atomic E-state index is 0.102. The molecule has 4 aromatic rings. The number of furan rings is 1. The Bertz CT molecular complexity index is 1520. The summed E-state index contributed by atoms with van der Waals surface area (Å²) in [5.74, 6) is -0.910. The van der Waals surface area contributed by atoms with Crippen molar-refractivity contribution in [1.82, 2.24) is 9.88 Å². The molecule has 1 saturated heterocycles. The molecule has 170 valence electrons. The van der Waals surface area contributed by atoms with Crippen LogP contribution >= 0.6 is 23.4 Å². The van der Waals surface area contributed by atoms with Crippen LogP contribution in [0.2, 0.25) is 5.02 Å². The Balaban J connectivity index is 1.47. The fourth-order valence-corrected chi connectivity index (χ4v) is 4.69. The van der Waals surface area contributed by atoms with Gasteiger partial charge >= 0.3 is 5.97 Å². The Hall–Kier alpha value is -3.75. The van der Waals surface area contributed by atoms with Gasteiger partial charge in [-0.2, -0.15) is 0 Å². The van der Waals surface area contributed by atoms with E-state index < -0.39 is 5.97 Å². The number of carboxylic acids is 1.